The van der Waals surface area contributed by atoms with E-state index in [0.717, 1.165) is 22.0 Å². The Labute approximate surface area is 159 Å². The van der Waals surface area contributed by atoms with Crippen LogP contribution in [-0.4, -0.2) is 40.2 Å². The average molecular weight is 372 g/mol. The molecule has 0 spiro atoms. The molecule has 2 atom stereocenters. The van der Waals surface area contributed by atoms with Crippen LogP contribution in [0.1, 0.15) is 44.7 Å². The lowest BCUT2D eigenvalue weighted by atomic mass is 9.54. The SMILES string of the molecule is CCOC1CC(NC(=O)CCc2c[nH]c3ccc(C)cc23)(C(=O)O)C1(C)C. The van der Waals surface area contributed by atoms with Crippen LogP contribution in [0.5, 0.6) is 0 Å². The van der Waals surface area contributed by atoms with Crippen molar-refractivity contribution in [3.63, 3.8) is 0 Å². The van der Waals surface area contributed by atoms with Gasteiger partial charge in [-0.25, -0.2) is 4.79 Å². The van der Waals surface area contributed by atoms with Crippen LogP contribution in [0.15, 0.2) is 24.4 Å². The van der Waals surface area contributed by atoms with E-state index in [1.54, 1.807) is 0 Å². The molecular formula is C21H28N2O4. The third kappa shape index (κ3) is 3.23. The monoisotopic (exact) mass is 372 g/mol. The molecule has 2 aromatic rings. The Kier molecular flexibility index (Phi) is 5.04. The molecule has 1 saturated carbocycles. The minimum atomic E-state index is -1.28. The number of aromatic amines is 1. The number of hydrogen-bond donors (Lipinski definition) is 3. The first-order valence-electron chi connectivity index (χ1n) is 9.44. The molecule has 1 amide bonds. The van der Waals surface area contributed by atoms with Gasteiger partial charge in [-0.3, -0.25) is 4.79 Å². The molecule has 0 aliphatic heterocycles. The standard InChI is InChI=1S/C21H28N2O4/c1-5-27-17-11-21(19(25)26,20(17,3)4)23-18(24)9-7-14-12-22-16-8-6-13(2)10-15(14)16/h6,8,10,12,17,22H,5,7,9,11H2,1-4H3,(H,23,24)(H,25,26). The van der Waals surface area contributed by atoms with Gasteiger partial charge in [0, 0.05) is 42.0 Å². The molecule has 1 fully saturated rings. The number of fused-ring (bicyclic) bond motifs is 1. The summed E-state index contributed by atoms with van der Waals surface area (Å²) in [5, 5.41) is 13.7. The predicted octanol–water partition coefficient (Wildman–Crippen LogP) is 3.18. The lowest BCUT2D eigenvalue weighted by molar-refractivity contribution is -0.194. The summed E-state index contributed by atoms with van der Waals surface area (Å²) in [6.45, 7) is 8.13. The van der Waals surface area contributed by atoms with Gasteiger partial charge in [0.15, 0.2) is 0 Å². The highest BCUT2D eigenvalue weighted by Crippen LogP contribution is 2.51. The number of hydrogen-bond acceptors (Lipinski definition) is 3. The second-order valence-electron chi connectivity index (χ2n) is 7.99. The molecule has 3 N–H and O–H groups in total. The number of carboxylic acid groups (broad SMARTS) is 1. The zero-order chi connectivity index (χ0) is 19.8. The van der Waals surface area contributed by atoms with Crippen molar-refractivity contribution < 1.29 is 19.4 Å². The molecule has 1 aromatic heterocycles. The number of carbonyl (C=O) groups is 2. The fraction of sp³-hybridized carbons (Fsp3) is 0.524. The summed E-state index contributed by atoms with van der Waals surface area (Å²) in [6.07, 6.45) is 2.84. The van der Waals surface area contributed by atoms with E-state index in [2.05, 4.69) is 16.4 Å². The minimum absolute atomic E-state index is 0.171. The topological polar surface area (TPSA) is 91.4 Å². The number of aryl methyl sites for hydroxylation is 2. The summed E-state index contributed by atoms with van der Waals surface area (Å²) in [5.74, 6) is -1.25. The van der Waals surface area contributed by atoms with Gasteiger partial charge in [-0.2, -0.15) is 0 Å². The number of amides is 1. The van der Waals surface area contributed by atoms with Gasteiger partial charge in [0.2, 0.25) is 5.91 Å². The number of H-pyrrole nitrogens is 1. The summed E-state index contributed by atoms with van der Waals surface area (Å²) >= 11 is 0. The Bertz CT molecular complexity index is 870. The number of carbonyl (C=O) groups excluding carboxylic acids is 1. The number of ether oxygens (including phenoxy) is 1. The van der Waals surface area contributed by atoms with Gasteiger partial charge in [0.25, 0.3) is 0 Å². The molecule has 2 unspecified atom stereocenters. The second-order valence-corrected chi connectivity index (χ2v) is 7.99. The first-order chi connectivity index (χ1) is 12.7. The second kappa shape index (κ2) is 7.00. The number of nitrogens with one attached hydrogen (secondary N) is 2. The van der Waals surface area contributed by atoms with Crippen molar-refractivity contribution >= 4 is 22.8 Å². The largest absolute Gasteiger partial charge is 0.479 e. The number of benzene rings is 1. The molecule has 0 bridgehead atoms. The molecule has 146 valence electrons. The highest BCUT2D eigenvalue weighted by Gasteiger charge is 2.66. The zero-order valence-electron chi connectivity index (χ0n) is 16.4. The van der Waals surface area contributed by atoms with Crippen LogP contribution < -0.4 is 5.32 Å². The predicted molar refractivity (Wildman–Crippen MR) is 104 cm³/mol. The van der Waals surface area contributed by atoms with Crippen LogP contribution in [0.25, 0.3) is 10.9 Å². The molecule has 1 aliphatic rings. The lowest BCUT2D eigenvalue weighted by Gasteiger charge is -2.58. The maximum atomic E-state index is 12.6. The van der Waals surface area contributed by atoms with Crippen molar-refractivity contribution in [3.05, 3.63) is 35.5 Å². The van der Waals surface area contributed by atoms with E-state index < -0.39 is 16.9 Å². The Hall–Kier alpha value is -2.34. The molecule has 6 nitrogen and oxygen atoms in total. The van der Waals surface area contributed by atoms with E-state index in [4.69, 9.17) is 4.74 Å². The highest BCUT2D eigenvalue weighted by atomic mass is 16.5. The summed E-state index contributed by atoms with van der Waals surface area (Å²) in [5.41, 5.74) is 1.32. The molecule has 6 heteroatoms. The van der Waals surface area contributed by atoms with E-state index in [9.17, 15) is 14.7 Å². The average Bonchev–Trinajstić information content (AvgIpc) is 3.00. The Morgan fingerprint density at radius 1 is 1.37 bits per heavy atom. The van der Waals surface area contributed by atoms with Crippen molar-refractivity contribution in [1.29, 1.82) is 0 Å². The van der Waals surface area contributed by atoms with Crippen molar-refractivity contribution in [3.8, 4) is 0 Å². The number of carboxylic acids is 1. The van der Waals surface area contributed by atoms with Gasteiger partial charge in [0.05, 0.1) is 6.10 Å². The van der Waals surface area contributed by atoms with Crippen molar-refractivity contribution in [1.82, 2.24) is 10.3 Å². The van der Waals surface area contributed by atoms with Crippen LogP contribution >= 0.6 is 0 Å². The normalized spacial score (nSPS) is 23.8. The minimum Gasteiger partial charge on any atom is -0.479 e. The summed E-state index contributed by atoms with van der Waals surface area (Å²) in [6, 6.07) is 6.16. The fourth-order valence-electron chi connectivity index (χ4n) is 4.08. The van der Waals surface area contributed by atoms with Crippen molar-refractivity contribution in [2.75, 3.05) is 6.61 Å². The highest BCUT2D eigenvalue weighted by molar-refractivity contribution is 5.90. The Balaban J connectivity index is 1.69. The van der Waals surface area contributed by atoms with Gasteiger partial charge < -0.3 is 20.1 Å². The smallest absolute Gasteiger partial charge is 0.330 e. The molecule has 0 saturated heterocycles. The molecule has 27 heavy (non-hydrogen) atoms. The van der Waals surface area contributed by atoms with E-state index in [0.29, 0.717) is 19.4 Å². The van der Waals surface area contributed by atoms with E-state index in [1.807, 2.05) is 46.0 Å². The van der Waals surface area contributed by atoms with Crippen LogP contribution in [-0.2, 0) is 20.7 Å². The number of aromatic nitrogens is 1. The molecule has 1 heterocycles. The van der Waals surface area contributed by atoms with Crippen LogP contribution in [0.2, 0.25) is 0 Å². The molecule has 0 radical (unpaired) electrons. The van der Waals surface area contributed by atoms with Crippen molar-refractivity contribution in [2.24, 2.45) is 5.41 Å². The quantitative estimate of drug-likeness (QED) is 0.696. The summed E-state index contributed by atoms with van der Waals surface area (Å²) in [7, 11) is 0. The molecule has 1 aliphatic carbocycles. The van der Waals surface area contributed by atoms with Gasteiger partial charge in [0.1, 0.15) is 5.54 Å². The van der Waals surface area contributed by atoms with Gasteiger partial charge in [-0.1, -0.05) is 25.5 Å². The first-order valence-corrected chi connectivity index (χ1v) is 9.44. The zero-order valence-corrected chi connectivity index (χ0v) is 16.4. The van der Waals surface area contributed by atoms with E-state index >= 15 is 0 Å². The summed E-state index contributed by atoms with van der Waals surface area (Å²) < 4.78 is 5.64. The van der Waals surface area contributed by atoms with E-state index in [-0.39, 0.29) is 18.4 Å². The number of aliphatic carboxylic acids is 1. The molecule has 3 rings (SSSR count). The van der Waals surface area contributed by atoms with Crippen LogP contribution in [0.4, 0.5) is 0 Å². The lowest BCUT2D eigenvalue weighted by Crippen LogP contribution is -2.76. The summed E-state index contributed by atoms with van der Waals surface area (Å²) in [4.78, 5) is 27.8. The van der Waals surface area contributed by atoms with Crippen LogP contribution in [0.3, 0.4) is 0 Å². The van der Waals surface area contributed by atoms with Gasteiger partial charge in [-0.15, -0.1) is 0 Å². The third-order valence-corrected chi connectivity index (χ3v) is 6.03. The first kappa shape index (κ1) is 19.4. The van der Waals surface area contributed by atoms with Crippen molar-refractivity contribution in [2.45, 2.75) is 58.6 Å². The Morgan fingerprint density at radius 3 is 2.74 bits per heavy atom. The maximum absolute atomic E-state index is 12.6. The third-order valence-electron chi connectivity index (χ3n) is 6.03. The van der Waals surface area contributed by atoms with Gasteiger partial charge >= 0.3 is 5.97 Å². The molecular weight excluding hydrogens is 344 g/mol. The van der Waals surface area contributed by atoms with Gasteiger partial charge in [-0.05, 0) is 38.0 Å². The molecule has 1 aromatic carbocycles. The Morgan fingerprint density at radius 2 is 2.11 bits per heavy atom. The van der Waals surface area contributed by atoms with E-state index in [1.165, 1.54) is 0 Å². The van der Waals surface area contributed by atoms with Crippen LogP contribution in [0, 0.1) is 12.3 Å². The number of rotatable bonds is 7. The fourth-order valence-corrected chi connectivity index (χ4v) is 4.08. The maximum Gasteiger partial charge on any atom is 0.330 e.